The van der Waals surface area contributed by atoms with Gasteiger partial charge in [-0.25, -0.2) is 4.99 Å². The van der Waals surface area contributed by atoms with Crippen molar-refractivity contribution >= 4 is 5.96 Å². The maximum Gasteiger partial charge on any atom is 0.191 e. The number of hydrogen-bond acceptors (Lipinski definition) is 4. The van der Waals surface area contributed by atoms with Gasteiger partial charge in [-0.2, -0.15) is 5.10 Å². The highest BCUT2D eigenvalue weighted by atomic mass is 15.3. The van der Waals surface area contributed by atoms with Crippen molar-refractivity contribution in [1.82, 2.24) is 35.2 Å². The molecule has 0 amide bonds. The second-order valence-electron chi connectivity index (χ2n) is 6.67. The lowest BCUT2D eigenvalue weighted by molar-refractivity contribution is 0.593. The molecule has 142 valence electrons. The third kappa shape index (κ3) is 4.83. The minimum absolute atomic E-state index is 0.615. The quantitative estimate of drug-likeness (QED) is 0.444. The van der Waals surface area contributed by atoms with E-state index in [9.17, 15) is 0 Å². The van der Waals surface area contributed by atoms with E-state index in [-0.39, 0.29) is 0 Å². The predicted octanol–water partition coefficient (Wildman–Crippen LogP) is 1.43. The van der Waals surface area contributed by atoms with Crippen LogP contribution >= 0.6 is 0 Å². The van der Waals surface area contributed by atoms with Crippen molar-refractivity contribution in [3.8, 4) is 0 Å². The van der Waals surface area contributed by atoms with Gasteiger partial charge < -0.3 is 15.2 Å². The molecule has 0 atom stereocenters. The van der Waals surface area contributed by atoms with Crippen molar-refractivity contribution in [2.75, 3.05) is 13.1 Å². The minimum atomic E-state index is 0.615. The molecule has 3 rings (SSSR count). The molecule has 8 nitrogen and oxygen atoms in total. The summed E-state index contributed by atoms with van der Waals surface area (Å²) in [6, 6.07) is 1.99. The second-order valence-corrected chi connectivity index (χ2v) is 6.67. The van der Waals surface area contributed by atoms with Crippen LogP contribution in [-0.4, -0.2) is 43.6 Å². The number of fused-ring (bicyclic) bond motifs is 1. The van der Waals surface area contributed by atoms with Crippen molar-refractivity contribution in [1.29, 1.82) is 0 Å². The lowest BCUT2D eigenvalue weighted by Crippen LogP contribution is -2.38. The van der Waals surface area contributed by atoms with Crippen LogP contribution in [0.5, 0.6) is 0 Å². The summed E-state index contributed by atoms with van der Waals surface area (Å²) in [5.74, 6) is 3.13. The number of nitrogens with one attached hydrogen (secondary N) is 2. The van der Waals surface area contributed by atoms with Gasteiger partial charge in [-0.05, 0) is 32.3 Å². The first-order valence-corrected chi connectivity index (χ1v) is 9.68. The predicted molar refractivity (Wildman–Crippen MR) is 102 cm³/mol. The molecule has 1 aliphatic rings. The molecule has 0 radical (unpaired) electrons. The molecule has 8 heteroatoms. The van der Waals surface area contributed by atoms with Crippen LogP contribution in [-0.2, 0) is 33.0 Å². The number of aliphatic imine (C=N–C) groups is 1. The standard InChI is InChI=1S/C18H30N8/c1-3-19-18(21-14-15-10-12-22-25(15)2)20-11-7-9-17-24-23-16-8-5-4-6-13-26(16)17/h10,12H,3-9,11,13-14H2,1-2H3,(H2,19,20,21). The number of aryl methyl sites for hydroxylation is 3. The van der Waals surface area contributed by atoms with Gasteiger partial charge in [-0.1, -0.05) is 6.42 Å². The normalized spacial score (nSPS) is 14.8. The zero-order valence-corrected chi connectivity index (χ0v) is 15.9. The Morgan fingerprint density at radius 1 is 1.23 bits per heavy atom. The van der Waals surface area contributed by atoms with Crippen LogP contribution in [0.15, 0.2) is 17.3 Å². The first-order chi connectivity index (χ1) is 12.8. The monoisotopic (exact) mass is 358 g/mol. The molecule has 1 aliphatic heterocycles. The number of rotatable bonds is 7. The summed E-state index contributed by atoms with van der Waals surface area (Å²) in [7, 11) is 1.94. The number of nitrogens with zero attached hydrogens (tertiary/aromatic N) is 6. The van der Waals surface area contributed by atoms with E-state index < -0.39 is 0 Å². The molecule has 2 N–H and O–H groups in total. The van der Waals surface area contributed by atoms with Crippen LogP contribution in [0.3, 0.4) is 0 Å². The molecular formula is C18H30N8. The van der Waals surface area contributed by atoms with Gasteiger partial charge in [0.15, 0.2) is 5.96 Å². The lowest BCUT2D eigenvalue weighted by Gasteiger charge is -2.11. The first-order valence-electron chi connectivity index (χ1n) is 9.68. The summed E-state index contributed by atoms with van der Waals surface area (Å²) < 4.78 is 4.18. The molecule has 0 saturated carbocycles. The Bertz CT molecular complexity index is 715. The molecule has 0 unspecified atom stereocenters. The lowest BCUT2D eigenvalue weighted by atomic mass is 10.2. The molecular weight excluding hydrogens is 328 g/mol. The largest absolute Gasteiger partial charge is 0.357 e. The van der Waals surface area contributed by atoms with Crippen molar-refractivity contribution < 1.29 is 0 Å². The third-order valence-electron chi connectivity index (χ3n) is 4.72. The number of aromatic nitrogens is 5. The van der Waals surface area contributed by atoms with Gasteiger partial charge in [-0.3, -0.25) is 4.68 Å². The molecule has 0 fully saturated rings. The number of hydrogen-bond donors (Lipinski definition) is 2. The van der Waals surface area contributed by atoms with Gasteiger partial charge in [0.05, 0.1) is 12.2 Å². The fourth-order valence-electron chi connectivity index (χ4n) is 3.24. The van der Waals surface area contributed by atoms with Crippen LogP contribution in [0.4, 0.5) is 0 Å². The topological polar surface area (TPSA) is 84.9 Å². The van der Waals surface area contributed by atoms with Gasteiger partial charge in [0.25, 0.3) is 0 Å². The molecule has 3 heterocycles. The highest BCUT2D eigenvalue weighted by Crippen LogP contribution is 2.15. The van der Waals surface area contributed by atoms with Crippen LogP contribution < -0.4 is 10.6 Å². The summed E-state index contributed by atoms with van der Waals surface area (Å²) in [6.07, 6.45) is 8.59. The van der Waals surface area contributed by atoms with Crippen molar-refractivity contribution in [3.63, 3.8) is 0 Å². The van der Waals surface area contributed by atoms with Gasteiger partial charge in [0.2, 0.25) is 0 Å². The molecule has 2 aromatic rings. The van der Waals surface area contributed by atoms with Crippen molar-refractivity contribution in [3.05, 3.63) is 29.6 Å². The van der Waals surface area contributed by atoms with Gasteiger partial charge >= 0.3 is 0 Å². The van der Waals surface area contributed by atoms with E-state index in [0.29, 0.717) is 6.54 Å². The summed E-state index contributed by atoms with van der Waals surface area (Å²) in [5, 5.41) is 19.7. The first kappa shape index (κ1) is 18.4. The average molecular weight is 358 g/mol. The summed E-state index contributed by atoms with van der Waals surface area (Å²) in [6.45, 7) is 5.46. The maximum absolute atomic E-state index is 4.63. The molecule has 0 spiro atoms. The van der Waals surface area contributed by atoms with E-state index in [0.717, 1.165) is 62.2 Å². The van der Waals surface area contributed by atoms with Crippen LogP contribution in [0.1, 0.15) is 49.9 Å². The zero-order valence-electron chi connectivity index (χ0n) is 15.9. The maximum atomic E-state index is 4.63. The van der Waals surface area contributed by atoms with Crippen LogP contribution in [0.2, 0.25) is 0 Å². The van der Waals surface area contributed by atoms with E-state index in [1.807, 2.05) is 17.8 Å². The van der Waals surface area contributed by atoms with Crippen molar-refractivity contribution in [2.45, 2.75) is 58.5 Å². The summed E-state index contributed by atoms with van der Waals surface area (Å²) in [4.78, 5) is 4.63. The molecule has 0 bridgehead atoms. The molecule has 26 heavy (non-hydrogen) atoms. The van der Waals surface area contributed by atoms with Gasteiger partial charge in [-0.15, -0.1) is 10.2 Å². The highest BCUT2D eigenvalue weighted by molar-refractivity contribution is 5.79. The Hall–Kier alpha value is -2.38. The van der Waals surface area contributed by atoms with Crippen LogP contribution in [0, 0.1) is 0 Å². The van der Waals surface area contributed by atoms with Gasteiger partial charge in [0, 0.05) is 45.7 Å². The Labute approximate surface area is 155 Å². The van der Waals surface area contributed by atoms with Crippen molar-refractivity contribution in [2.24, 2.45) is 12.0 Å². The minimum Gasteiger partial charge on any atom is -0.357 e. The Balaban J connectivity index is 1.48. The Morgan fingerprint density at radius 3 is 2.96 bits per heavy atom. The molecule has 2 aromatic heterocycles. The molecule has 0 aromatic carbocycles. The summed E-state index contributed by atoms with van der Waals surface area (Å²) in [5.41, 5.74) is 1.09. The van der Waals surface area contributed by atoms with E-state index in [1.165, 1.54) is 19.3 Å². The fraction of sp³-hybridized carbons (Fsp3) is 0.667. The Kier molecular flexibility index (Phi) is 6.62. The Morgan fingerprint density at radius 2 is 2.15 bits per heavy atom. The smallest absolute Gasteiger partial charge is 0.191 e. The average Bonchev–Trinajstić information content (AvgIpc) is 3.14. The van der Waals surface area contributed by atoms with Crippen LogP contribution in [0.25, 0.3) is 0 Å². The van der Waals surface area contributed by atoms with E-state index in [4.69, 9.17) is 0 Å². The van der Waals surface area contributed by atoms with E-state index >= 15 is 0 Å². The fourth-order valence-corrected chi connectivity index (χ4v) is 3.24. The molecule has 0 aliphatic carbocycles. The summed E-state index contributed by atoms with van der Waals surface area (Å²) >= 11 is 0. The zero-order chi connectivity index (χ0) is 18.2. The van der Waals surface area contributed by atoms with E-state index in [2.05, 4.69) is 42.4 Å². The SMILES string of the molecule is CCNC(=NCc1ccnn1C)NCCCc1nnc2n1CCCCC2. The van der Waals surface area contributed by atoms with Gasteiger partial charge in [0.1, 0.15) is 11.6 Å². The van der Waals surface area contributed by atoms with E-state index in [1.54, 1.807) is 6.20 Å². The third-order valence-corrected chi connectivity index (χ3v) is 4.72. The highest BCUT2D eigenvalue weighted by Gasteiger charge is 2.14. The second kappa shape index (κ2) is 9.35. The molecule has 0 saturated heterocycles. The number of guanidine groups is 1.